The maximum Gasteiger partial charge on any atom is 0.230 e. The van der Waals surface area contributed by atoms with Crippen LogP contribution in [0.4, 0.5) is 0 Å². The Morgan fingerprint density at radius 2 is 1.46 bits per heavy atom. The van der Waals surface area contributed by atoms with Crippen LogP contribution in [0.3, 0.4) is 0 Å². The normalized spacial score (nSPS) is 19.6. The first-order valence-corrected chi connectivity index (χ1v) is 10.9. The third-order valence-corrected chi connectivity index (χ3v) is 6.54. The summed E-state index contributed by atoms with van der Waals surface area (Å²) < 4.78 is 0. The molecule has 1 heterocycles. The fourth-order valence-corrected chi connectivity index (χ4v) is 4.89. The Hall–Kier alpha value is -2.13. The first-order valence-electron chi connectivity index (χ1n) is 10.9. The van der Waals surface area contributed by atoms with Crippen molar-refractivity contribution in [2.75, 3.05) is 32.7 Å². The fraction of sp³-hybridized carbons (Fsp3) is 0.480. The van der Waals surface area contributed by atoms with Gasteiger partial charge >= 0.3 is 0 Å². The molecule has 3 heteroatoms. The second-order valence-electron chi connectivity index (χ2n) is 8.34. The van der Waals surface area contributed by atoms with Crippen LogP contribution in [0.2, 0.25) is 0 Å². The minimum Gasteiger partial charge on any atom is -0.340 e. The van der Waals surface area contributed by atoms with Crippen LogP contribution in [-0.2, 0) is 11.2 Å². The Kier molecular flexibility index (Phi) is 6.43. The molecular weight excluding hydrogens is 344 g/mol. The van der Waals surface area contributed by atoms with Crippen LogP contribution < -0.4 is 0 Å². The number of benzene rings is 2. The number of nitrogens with zero attached hydrogens (tertiary/aromatic N) is 2. The van der Waals surface area contributed by atoms with Crippen molar-refractivity contribution in [3.63, 3.8) is 0 Å². The molecule has 0 N–H and O–H groups in total. The molecule has 3 nitrogen and oxygen atoms in total. The molecule has 1 saturated carbocycles. The molecular formula is C25H32N2O. The molecule has 0 bridgehead atoms. The smallest absolute Gasteiger partial charge is 0.230 e. The summed E-state index contributed by atoms with van der Waals surface area (Å²) in [5, 5.41) is 0. The van der Waals surface area contributed by atoms with Gasteiger partial charge in [-0.2, -0.15) is 0 Å². The van der Waals surface area contributed by atoms with Crippen molar-refractivity contribution >= 4 is 5.91 Å². The second-order valence-corrected chi connectivity index (χ2v) is 8.34. The maximum atomic E-state index is 13.5. The second kappa shape index (κ2) is 9.38. The van der Waals surface area contributed by atoms with Gasteiger partial charge in [0, 0.05) is 32.7 Å². The van der Waals surface area contributed by atoms with Gasteiger partial charge in [-0.25, -0.2) is 0 Å². The summed E-state index contributed by atoms with van der Waals surface area (Å²) in [4.78, 5) is 18.1. The Balaban J connectivity index is 1.35. The Morgan fingerprint density at radius 1 is 0.857 bits per heavy atom. The summed E-state index contributed by atoms with van der Waals surface area (Å²) in [7, 11) is 0. The largest absolute Gasteiger partial charge is 0.340 e. The lowest BCUT2D eigenvalue weighted by molar-refractivity contribution is -0.135. The number of rotatable bonds is 6. The summed E-state index contributed by atoms with van der Waals surface area (Å²) in [6.07, 6.45) is 6.03. The van der Waals surface area contributed by atoms with Gasteiger partial charge in [-0.1, -0.05) is 73.5 Å². The molecule has 28 heavy (non-hydrogen) atoms. The number of carbonyl (C=O) groups excluding carboxylic acids is 1. The molecule has 2 aliphatic rings. The highest BCUT2D eigenvalue weighted by molar-refractivity contribution is 5.84. The lowest BCUT2D eigenvalue weighted by Gasteiger charge is -2.37. The Labute approximate surface area is 169 Å². The number of amides is 1. The number of carbonyl (C=O) groups is 1. The highest BCUT2D eigenvalue weighted by Gasteiger charge is 2.35. The van der Waals surface area contributed by atoms with Crippen molar-refractivity contribution in [1.29, 1.82) is 0 Å². The lowest BCUT2D eigenvalue weighted by atomic mass is 9.83. The van der Waals surface area contributed by atoms with Crippen molar-refractivity contribution < 1.29 is 4.79 Å². The van der Waals surface area contributed by atoms with E-state index in [9.17, 15) is 4.79 Å². The number of hydrogen-bond acceptors (Lipinski definition) is 2. The zero-order chi connectivity index (χ0) is 19.2. The Morgan fingerprint density at radius 3 is 2.11 bits per heavy atom. The molecule has 2 aromatic carbocycles. The molecule has 1 atom stereocenters. The van der Waals surface area contributed by atoms with Crippen LogP contribution in [0.5, 0.6) is 0 Å². The standard InChI is InChI=1S/C25H32N2O/c28-25(24(23-13-7-8-14-23)22-11-5-2-6-12-22)27-19-17-26(18-20-27)16-15-21-9-3-1-4-10-21/h1-6,9-12,23-24H,7-8,13-20H2. The highest BCUT2D eigenvalue weighted by Crippen LogP contribution is 2.38. The van der Waals surface area contributed by atoms with E-state index in [2.05, 4.69) is 64.4 Å². The Bertz CT molecular complexity index is 732. The van der Waals surface area contributed by atoms with E-state index in [4.69, 9.17) is 0 Å². The van der Waals surface area contributed by atoms with E-state index in [0.717, 1.165) is 39.1 Å². The van der Waals surface area contributed by atoms with Crippen LogP contribution in [0.15, 0.2) is 60.7 Å². The molecule has 1 amide bonds. The third kappa shape index (κ3) is 4.64. The molecule has 1 unspecified atom stereocenters. The molecule has 0 radical (unpaired) electrons. The van der Waals surface area contributed by atoms with E-state index in [0.29, 0.717) is 11.8 Å². The first kappa shape index (κ1) is 19.2. The monoisotopic (exact) mass is 376 g/mol. The van der Waals surface area contributed by atoms with E-state index < -0.39 is 0 Å². The predicted octanol–water partition coefficient (Wildman–Crippen LogP) is 4.35. The first-order chi connectivity index (χ1) is 13.8. The van der Waals surface area contributed by atoms with Crippen LogP contribution in [0, 0.1) is 5.92 Å². The molecule has 0 aromatic heterocycles. The van der Waals surface area contributed by atoms with Crippen molar-refractivity contribution in [2.24, 2.45) is 5.92 Å². The van der Waals surface area contributed by atoms with Gasteiger partial charge in [0.2, 0.25) is 5.91 Å². The van der Waals surface area contributed by atoms with E-state index >= 15 is 0 Å². The SMILES string of the molecule is O=C(C(c1ccccc1)C1CCCC1)N1CCN(CCc2ccccc2)CC1. The van der Waals surface area contributed by atoms with Crippen molar-refractivity contribution in [3.8, 4) is 0 Å². The molecule has 2 aromatic rings. The number of piperazine rings is 1. The van der Waals surface area contributed by atoms with Gasteiger partial charge in [0.05, 0.1) is 5.92 Å². The molecule has 1 aliphatic carbocycles. The van der Waals surface area contributed by atoms with Gasteiger partial charge in [0.15, 0.2) is 0 Å². The quantitative estimate of drug-likeness (QED) is 0.748. The van der Waals surface area contributed by atoms with E-state index in [1.54, 1.807) is 0 Å². The molecule has 0 spiro atoms. The van der Waals surface area contributed by atoms with Crippen LogP contribution in [0.1, 0.15) is 42.7 Å². The van der Waals surface area contributed by atoms with Crippen molar-refractivity contribution in [1.82, 2.24) is 9.80 Å². The molecule has 1 saturated heterocycles. The van der Waals surface area contributed by atoms with Gasteiger partial charge in [0.1, 0.15) is 0 Å². The van der Waals surface area contributed by atoms with E-state index in [1.807, 2.05) is 6.07 Å². The van der Waals surface area contributed by atoms with Gasteiger partial charge < -0.3 is 4.90 Å². The summed E-state index contributed by atoms with van der Waals surface area (Å²) in [5.41, 5.74) is 2.61. The van der Waals surface area contributed by atoms with Crippen molar-refractivity contribution in [2.45, 2.75) is 38.0 Å². The van der Waals surface area contributed by atoms with Crippen LogP contribution >= 0.6 is 0 Å². The number of hydrogen-bond donors (Lipinski definition) is 0. The van der Waals surface area contributed by atoms with E-state index in [1.165, 1.54) is 36.8 Å². The van der Waals surface area contributed by atoms with Gasteiger partial charge in [-0.3, -0.25) is 9.69 Å². The molecule has 1 aliphatic heterocycles. The van der Waals surface area contributed by atoms with Crippen LogP contribution in [-0.4, -0.2) is 48.4 Å². The average molecular weight is 377 g/mol. The van der Waals surface area contributed by atoms with Crippen LogP contribution in [0.25, 0.3) is 0 Å². The molecule has 4 rings (SSSR count). The zero-order valence-electron chi connectivity index (χ0n) is 16.8. The summed E-state index contributed by atoms with van der Waals surface area (Å²) in [6.45, 7) is 4.79. The predicted molar refractivity (Wildman–Crippen MR) is 114 cm³/mol. The minimum atomic E-state index is 0.0552. The van der Waals surface area contributed by atoms with E-state index in [-0.39, 0.29) is 5.92 Å². The third-order valence-electron chi connectivity index (χ3n) is 6.54. The maximum absolute atomic E-state index is 13.5. The van der Waals surface area contributed by atoms with Gasteiger partial charge in [0.25, 0.3) is 0 Å². The summed E-state index contributed by atoms with van der Waals surface area (Å²) >= 11 is 0. The topological polar surface area (TPSA) is 23.6 Å². The average Bonchev–Trinajstić information content (AvgIpc) is 3.28. The van der Waals surface area contributed by atoms with Gasteiger partial charge in [-0.05, 0) is 36.3 Å². The lowest BCUT2D eigenvalue weighted by Crippen LogP contribution is -2.50. The fourth-order valence-electron chi connectivity index (χ4n) is 4.89. The van der Waals surface area contributed by atoms with Crippen molar-refractivity contribution in [3.05, 3.63) is 71.8 Å². The molecule has 148 valence electrons. The van der Waals surface area contributed by atoms with Gasteiger partial charge in [-0.15, -0.1) is 0 Å². The highest BCUT2D eigenvalue weighted by atomic mass is 16.2. The minimum absolute atomic E-state index is 0.0552. The zero-order valence-corrected chi connectivity index (χ0v) is 16.8. The molecule has 2 fully saturated rings. The summed E-state index contributed by atoms with van der Waals surface area (Å²) in [6, 6.07) is 21.2. The summed E-state index contributed by atoms with van der Waals surface area (Å²) in [5.74, 6) is 0.936.